The molecule has 0 unspecified atom stereocenters. The molecule has 0 saturated carbocycles. The molecule has 4 rings (SSSR count). The summed E-state index contributed by atoms with van der Waals surface area (Å²) in [4.78, 5) is 28.8. The summed E-state index contributed by atoms with van der Waals surface area (Å²) in [6, 6.07) is 16.9. The largest absolute Gasteiger partial charge is 0.454 e. The number of anilines is 2. The first kappa shape index (κ1) is 23.1. The first-order valence-electron chi connectivity index (χ1n) is 10.2. The fourth-order valence-corrected chi connectivity index (χ4v) is 3.54. The highest BCUT2D eigenvalue weighted by molar-refractivity contribution is 5.91. The monoisotopic (exact) mass is 455 g/mol. The number of nitrogens with one attached hydrogen (secondary N) is 1. The number of nitrogens with zero attached hydrogens (tertiary/aromatic N) is 4. The van der Waals surface area contributed by atoms with E-state index >= 15 is 0 Å². The fourth-order valence-electron chi connectivity index (χ4n) is 3.54. The Bertz CT molecular complexity index is 1100. The van der Waals surface area contributed by atoms with Crippen molar-refractivity contribution >= 4 is 29.8 Å². The van der Waals surface area contributed by atoms with Crippen LogP contribution in [0.3, 0.4) is 0 Å². The quantitative estimate of drug-likeness (QED) is 0.551. The molecule has 0 atom stereocenters. The molecule has 0 bridgehead atoms. The molecule has 168 valence electrons. The Morgan fingerprint density at radius 2 is 1.75 bits per heavy atom. The molecule has 1 N–H and O–H groups in total. The van der Waals surface area contributed by atoms with Crippen molar-refractivity contribution in [3.05, 3.63) is 89.1 Å². The lowest BCUT2D eigenvalue weighted by Gasteiger charge is -2.36. The lowest BCUT2D eigenvalue weighted by atomic mass is 10.2. The third-order valence-electron chi connectivity index (χ3n) is 5.18. The van der Waals surface area contributed by atoms with Gasteiger partial charge in [0.2, 0.25) is 0 Å². The zero-order valence-corrected chi connectivity index (χ0v) is 18.5. The van der Waals surface area contributed by atoms with Crippen LogP contribution in [-0.2, 0) is 6.54 Å². The summed E-state index contributed by atoms with van der Waals surface area (Å²) < 4.78 is 6.95. The minimum Gasteiger partial charge on any atom is -0.454 e. The lowest BCUT2D eigenvalue weighted by molar-refractivity contribution is 0.0928. The van der Waals surface area contributed by atoms with Crippen LogP contribution < -0.4 is 20.7 Å². The van der Waals surface area contributed by atoms with E-state index in [1.54, 1.807) is 24.3 Å². The average Bonchev–Trinajstić information content (AvgIpc) is 3.28. The standard InChI is InChI=1S/C23H25N5O3.ClH/c1-2-12-24-23(30)20-9-8-19(31-20)17-28-22(29)11-10-21(25-28)27-15-13-26(14-16-27)18-6-4-3-5-7-18;/h2-11H,1,12-17H2,(H,24,30);1H. The van der Waals surface area contributed by atoms with Crippen LogP contribution in [0.25, 0.3) is 0 Å². The number of hydrogen-bond donors (Lipinski definition) is 1. The van der Waals surface area contributed by atoms with E-state index in [0.717, 1.165) is 32.0 Å². The molecular formula is C23H26ClN5O3. The van der Waals surface area contributed by atoms with E-state index in [9.17, 15) is 9.59 Å². The highest BCUT2D eigenvalue weighted by atomic mass is 35.5. The van der Waals surface area contributed by atoms with Crippen molar-refractivity contribution in [2.75, 3.05) is 42.5 Å². The van der Waals surface area contributed by atoms with Crippen molar-refractivity contribution in [1.29, 1.82) is 0 Å². The van der Waals surface area contributed by atoms with Gasteiger partial charge in [0, 0.05) is 44.5 Å². The molecule has 1 fully saturated rings. The van der Waals surface area contributed by atoms with Gasteiger partial charge >= 0.3 is 0 Å². The molecule has 1 aromatic carbocycles. The van der Waals surface area contributed by atoms with Gasteiger partial charge in [0.25, 0.3) is 11.5 Å². The van der Waals surface area contributed by atoms with Crippen LogP contribution >= 0.6 is 12.4 Å². The van der Waals surface area contributed by atoms with Gasteiger partial charge in [-0.25, -0.2) is 4.68 Å². The van der Waals surface area contributed by atoms with E-state index in [-0.39, 0.29) is 36.2 Å². The Balaban J connectivity index is 0.00000289. The van der Waals surface area contributed by atoms with Gasteiger partial charge < -0.3 is 19.5 Å². The molecule has 3 aromatic rings. The molecule has 0 radical (unpaired) electrons. The first-order chi connectivity index (χ1) is 15.1. The van der Waals surface area contributed by atoms with Gasteiger partial charge in [-0.05, 0) is 30.3 Å². The molecule has 0 aliphatic carbocycles. The number of amides is 1. The Morgan fingerprint density at radius 1 is 1.03 bits per heavy atom. The normalized spacial score (nSPS) is 13.4. The second-order valence-electron chi connectivity index (χ2n) is 7.26. The number of piperazine rings is 1. The van der Waals surface area contributed by atoms with Gasteiger partial charge in [-0.2, -0.15) is 5.10 Å². The number of furan rings is 1. The lowest BCUT2D eigenvalue weighted by Crippen LogP contribution is -2.47. The van der Waals surface area contributed by atoms with Crippen LogP contribution in [0.1, 0.15) is 16.3 Å². The predicted molar refractivity (Wildman–Crippen MR) is 127 cm³/mol. The predicted octanol–water partition coefficient (Wildman–Crippen LogP) is 2.55. The van der Waals surface area contributed by atoms with E-state index in [1.165, 1.54) is 16.4 Å². The third kappa shape index (κ3) is 5.39. The first-order valence-corrected chi connectivity index (χ1v) is 10.2. The van der Waals surface area contributed by atoms with Crippen molar-refractivity contribution in [1.82, 2.24) is 15.1 Å². The van der Waals surface area contributed by atoms with Crippen molar-refractivity contribution < 1.29 is 9.21 Å². The maximum absolute atomic E-state index is 12.3. The number of aromatic nitrogens is 2. The highest BCUT2D eigenvalue weighted by Crippen LogP contribution is 2.18. The molecule has 1 aliphatic rings. The molecule has 3 heterocycles. The second kappa shape index (κ2) is 10.7. The van der Waals surface area contributed by atoms with Crippen LogP contribution in [0.4, 0.5) is 11.5 Å². The van der Waals surface area contributed by atoms with Crippen LogP contribution in [-0.4, -0.2) is 48.4 Å². The molecule has 1 amide bonds. The summed E-state index contributed by atoms with van der Waals surface area (Å²) in [5, 5.41) is 7.19. The molecule has 8 nitrogen and oxygen atoms in total. The van der Waals surface area contributed by atoms with Crippen molar-refractivity contribution in [2.45, 2.75) is 6.54 Å². The van der Waals surface area contributed by atoms with E-state index in [0.29, 0.717) is 12.3 Å². The summed E-state index contributed by atoms with van der Waals surface area (Å²) in [6.07, 6.45) is 1.59. The van der Waals surface area contributed by atoms with Gasteiger partial charge in [0.15, 0.2) is 5.76 Å². The molecule has 9 heteroatoms. The van der Waals surface area contributed by atoms with Crippen molar-refractivity contribution in [3.63, 3.8) is 0 Å². The van der Waals surface area contributed by atoms with Crippen molar-refractivity contribution in [3.8, 4) is 0 Å². The molecule has 1 saturated heterocycles. The fraction of sp³-hybridized carbons (Fsp3) is 0.261. The zero-order chi connectivity index (χ0) is 21.6. The number of halogens is 1. The summed E-state index contributed by atoms with van der Waals surface area (Å²) in [5.74, 6) is 1.11. The Morgan fingerprint density at radius 3 is 2.47 bits per heavy atom. The summed E-state index contributed by atoms with van der Waals surface area (Å²) >= 11 is 0. The smallest absolute Gasteiger partial charge is 0.287 e. The number of carbonyl (C=O) groups excluding carboxylic acids is 1. The Hall–Kier alpha value is -3.52. The van der Waals surface area contributed by atoms with Crippen LogP contribution in [0.2, 0.25) is 0 Å². The summed E-state index contributed by atoms with van der Waals surface area (Å²) in [5.41, 5.74) is 0.992. The summed E-state index contributed by atoms with van der Waals surface area (Å²) in [6.45, 7) is 7.47. The zero-order valence-electron chi connectivity index (χ0n) is 17.6. The molecule has 1 aliphatic heterocycles. The minimum absolute atomic E-state index is 0. The number of carbonyl (C=O) groups is 1. The van der Waals surface area contributed by atoms with Crippen LogP contribution in [0, 0.1) is 0 Å². The van der Waals surface area contributed by atoms with E-state index in [4.69, 9.17) is 4.42 Å². The Labute approximate surface area is 192 Å². The van der Waals surface area contributed by atoms with Crippen LogP contribution in [0.15, 0.2) is 76.5 Å². The van der Waals surface area contributed by atoms with Gasteiger partial charge in [-0.1, -0.05) is 24.3 Å². The van der Waals surface area contributed by atoms with Gasteiger partial charge in [0.1, 0.15) is 18.1 Å². The minimum atomic E-state index is -0.323. The van der Waals surface area contributed by atoms with E-state index < -0.39 is 0 Å². The van der Waals surface area contributed by atoms with E-state index in [2.05, 4.69) is 38.9 Å². The third-order valence-corrected chi connectivity index (χ3v) is 5.18. The highest BCUT2D eigenvalue weighted by Gasteiger charge is 2.19. The number of rotatable bonds is 7. The van der Waals surface area contributed by atoms with Crippen molar-refractivity contribution in [2.24, 2.45) is 0 Å². The number of benzene rings is 1. The molecule has 2 aromatic heterocycles. The van der Waals surface area contributed by atoms with Crippen LogP contribution in [0.5, 0.6) is 0 Å². The summed E-state index contributed by atoms with van der Waals surface area (Å²) in [7, 11) is 0. The van der Waals surface area contributed by atoms with Gasteiger partial charge in [0.05, 0.1) is 0 Å². The SMILES string of the molecule is C=CCNC(=O)c1ccc(Cn2nc(N3CCN(c4ccccc4)CC3)ccc2=O)o1.Cl. The molecule has 0 spiro atoms. The van der Waals surface area contributed by atoms with Gasteiger partial charge in [-0.15, -0.1) is 19.0 Å². The molecule has 32 heavy (non-hydrogen) atoms. The topological polar surface area (TPSA) is 83.6 Å². The average molecular weight is 456 g/mol. The maximum Gasteiger partial charge on any atom is 0.287 e. The number of para-hydroxylation sites is 1. The second-order valence-corrected chi connectivity index (χ2v) is 7.26. The maximum atomic E-state index is 12.3. The molecular weight excluding hydrogens is 430 g/mol. The van der Waals surface area contributed by atoms with Gasteiger partial charge in [-0.3, -0.25) is 9.59 Å². The van der Waals surface area contributed by atoms with E-state index in [1.807, 2.05) is 18.2 Å². The number of hydrogen-bond acceptors (Lipinski definition) is 6. The Kier molecular flexibility index (Phi) is 7.72.